The van der Waals surface area contributed by atoms with Gasteiger partial charge in [0.15, 0.2) is 0 Å². The number of nitrogens with one attached hydrogen (secondary N) is 1. The molecule has 0 heterocycles. The molecule has 20 heavy (non-hydrogen) atoms. The molecule has 2 rings (SSSR count). The molecule has 0 fully saturated rings. The molecule has 0 spiro atoms. The number of rotatable bonds is 4. The van der Waals surface area contributed by atoms with E-state index < -0.39 is 0 Å². The van der Waals surface area contributed by atoms with E-state index >= 15 is 0 Å². The number of benzene rings is 2. The zero-order valence-electron chi connectivity index (χ0n) is 11.2. The number of carbonyl (C=O) groups is 1. The van der Waals surface area contributed by atoms with Crippen molar-refractivity contribution in [3.8, 4) is 0 Å². The van der Waals surface area contributed by atoms with Crippen LogP contribution in [0.25, 0.3) is 0 Å². The molecule has 3 N–H and O–H groups in total. The van der Waals surface area contributed by atoms with Crippen molar-refractivity contribution in [3.05, 3.63) is 65.2 Å². The summed E-state index contributed by atoms with van der Waals surface area (Å²) in [5.41, 5.74) is 9.16. The van der Waals surface area contributed by atoms with Gasteiger partial charge < -0.3 is 11.1 Å². The number of hydrogen-bond donors (Lipinski definition) is 2. The van der Waals surface area contributed by atoms with Crippen LogP contribution in [0.15, 0.2) is 48.5 Å². The Morgan fingerprint density at radius 3 is 2.65 bits per heavy atom. The van der Waals surface area contributed by atoms with Gasteiger partial charge in [-0.25, -0.2) is 0 Å². The van der Waals surface area contributed by atoms with Crippen LogP contribution in [0.4, 0.5) is 5.69 Å². The van der Waals surface area contributed by atoms with E-state index in [2.05, 4.69) is 5.32 Å². The average molecular weight is 284 g/mol. The van der Waals surface area contributed by atoms with E-state index in [-0.39, 0.29) is 5.91 Å². The minimum atomic E-state index is -0.0561. The van der Waals surface area contributed by atoms with Crippen LogP contribution in [-0.4, -0.2) is 10.9 Å². The van der Waals surface area contributed by atoms with Crippen molar-refractivity contribution < 1.29 is 4.79 Å². The zero-order chi connectivity index (χ0) is 14.5. The number of nitrogens with two attached hydrogens (primary N) is 1. The summed E-state index contributed by atoms with van der Waals surface area (Å²) in [5.74, 6) is -0.0561. The molecule has 0 aliphatic carbocycles. The number of hydrogen-bond acceptors (Lipinski definition) is 2. The fourth-order valence-electron chi connectivity index (χ4n) is 1.94. The fourth-order valence-corrected chi connectivity index (χ4v) is 2.06. The number of amides is 1. The van der Waals surface area contributed by atoms with E-state index in [0.717, 1.165) is 16.7 Å². The third-order valence-electron chi connectivity index (χ3n) is 3.04. The summed E-state index contributed by atoms with van der Waals surface area (Å²) in [5, 5.41) is 2.86. The highest BCUT2D eigenvalue weighted by Crippen LogP contribution is 2.13. The molecular weight excluding hydrogens is 268 g/mol. The lowest BCUT2D eigenvalue weighted by atomic mass is 10.1. The Morgan fingerprint density at radius 2 is 1.95 bits per heavy atom. The van der Waals surface area contributed by atoms with Crippen molar-refractivity contribution in [2.75, 3.05) is 5.32 Å². The van der Waals surface area contributed by atoms with E-state index in [1.807, 2.05) is 49.4 Å². The van der Waals surface area contributed by atoms with Gasteiger partial charge in [-0.15, -0.1) is 0 Å². The number of thiocarbonyl (C=S) groups is 1. The van der Waals surface area contributed by atoms with Crippen LogP contribution in [0, 0.1) is 6.92 Å². The van der Waals surface area contributed by atoms with Gasteiger partial charge in [-0.3, -0.25) is 4.79 Å². The molecule has 0 bridgehead atoms. The van der Waals surface area contributed by atoms with Crippen molar-refractivity contribution in [1.29, 1.82) is 0 Å². The van der Waals surface area contributed by atoms with Gasteiger partial charge in [0.2, 0.25) is 5.91 Å². The predicted molar refractivity (Wildman–Crippen MR) is 85.8 cm³/mol. The Balaban J connectivity index is 2.07. The molecule has 0 atom stereocenters. The van der Waals surface area contributed by atoms with Crippen LogP contribution in [0.5, 0.6) is 0 Å². The molecule has 0 unspecified atom stereocenters. The largest absolute Gasteiger partial charge is 0.389 e. The van der Waals surface area contributed by atoms with Gasteiger partial charge >= 0.3 is 0 Å². The molecule has 2 aromatic carbocycles. The zero-order valence-corrected chi connectivity index (χ0v) is 12.0. The second-order valence-electron chi connectivity index (χ2n) is 4.60. The normalized spacial score (nSPS) is 10.1. The van der Waals surface area contributed by atoms with Crippen LogP contribution < -0.4 is 11.1 Å². The first-order chi connectivity index (χ1) is 9.56. The minimum Gasteiger partial charge on any atom is -0.389 e. The van der Waals surface area contributed by atoms with Crippen LogP contribution >= 0.6 is 12.2 Å². The molecule has 0 aliphatic rings. The number of carbonyl (C=O) groups excluding carboxylic acids is 1. The van der Waals surface area contributed by atoms with E-state index in [4.69, 9.17) is 18.0 Å². The molecule has 4 heteroatoms. The molecule has 0 radical (unpaired) electrons. The smallest absolute Gasteiger partial charge is 0.228 e. The van der Waals surface area contributed by atoms with Crippen molar-refractivity contribution in [2.45, 2.75) is 13.3 Å². The SMILES string of the molecule is Cc1ccccc1CC(=O)Nc1cccc(C(N)=S)c1. The second kappa shape index (κ2) is 6.30. The Kier molecular flexibility index (Phi) is 4.48. The minimum absolute atomic E-state index is 0.0561. The standard InChI is InChI=1S/C16H16N2OS/c1-11-5-2-3-6-12(11)10-15(19)18-14-8-4-7-13(9-14)16(17)20/h2-9H,10H2,1H3,(H2,17,20)(H,18,19). The Labute approximate surface area is 123 Å². The summed E-state index contributed by atoms with van der Waals surface area (Å²) in [7, 11) is 0. The first-order valence-electron chi connectivity index (χ1n) is 6.30. The molecular formula is C16H16N2OS. The molecule has 102 valence electrons. The Morgan fingerprint density at radius 1 is 1.20 bits per heavy atom. The quantitative estimate of drug-likeness (QED) is 0.849. The first kappa shape index (κ1) is 14.2. The van der Waals surface area contributed by atoms with Crippen molar-refractivity contribution in [3.63, 3.8) is 0 Å². The lowest BCUT2D eigenvalue weighted by molar-refractivity contribution is -0.115. The molecule has 0 saturated heterocycles. The van der Waals surface area contributed by atoms with Gasteiger partial charge in [0.1, 0.15) is 4.99 Å². The van der Waals surface area contributed by atoms with Gasteiger partial charge in [0.05, 0.1) is 6.42 Å². The Bertz CT molecular complexity index is 652. The topological polar surface area (TPSA) is 55.1 Å². The third-order valence-corrected chi connectivity index (χ3v) is 3.28. The molecule has 0 saturated carbocycles. The number of aryl methyl sites for hydroxylation is 1. The van der Waals surface area contributed by atoms with Crippen molar-refractivity contribution in [1.82, 2.24) is 0 Å². The van der Waals surface area contributed by atoms with Crippen LogP contribution in [0.3, 0.4) is 0 Å². The van der Waals surface area contributed by atoms with Gasteiger partial charge in [-0.1, -0.05) is 48.6 Å². The molecule has 0 aliphatic heterocycles. The maximum absolute atomic E-state index is 12.0. The highest BCUT2D eigenvalue weighted by atomic mass is 32.1. The van der Waals surface area contributed by atoms with Gasteiger partial charge in [0.25, 0.3) is 0 Å². The summed E-state index contributed by atoms with van der Waals surface area (Å²) in [6.07, 6.45) is 0.351. The third kappa shape index (κ3) is 3.65. The average Bonchev–Trinajstić information content (AvgIpc) is 2.41. The van der Waals surface area contributed by atoms with Crippen LogP contribution in [0.2, 0.25) is 0 Å². The second-order valence-corrected chi connectivity index (χ2v) is 5.04. The first-order valence-corrected chi connectivity index (χ1v) is 6.71. The summed E-state index contributed by atoms with van der Waals surface area (Å²) < 4.78 is 0. The maximum Gasteiger partial charge on any atom is 0.228 e. The van der Waals surface area contributed by atoms with Crippen LogP contribution in [-0.2, 0) is 11.2 Å². The fraction of sp³-hybridized carbons (Fsp3) is 0.125. The van der Waals surface area contributed by atoms with Gasteiger partial charge in [-0.2, -0.15) is 0 Å². The predicted octanol–water partition coefficient (Wildman–Crippen LogP) is 2.81. The highest BCUT2D eigenvalue weighted by molar-refractivity contribution is 7.80. The molecule has 3 nitrogen and oxygen atoms in total. The highest BCUT2D eigenvalue weighted by Gasteiger charge is 2.06. The van der Waals surface area contributed by atoms with Crippen LogP contribution in [0.1, 0.15) is 16.7 Å². The van der Waals surface area contributed by atoms with Gasteiger partial charge in [0, 0.05) is 11.3 Å². The van der Waals surface area contributed by atoms with Crippen molar-refractivity contribution >= 4 is 28.8 Å². The number of anilines is 1. The molecule has 1 amide bonds. The molecule has 2 aromatic rings. The Hall–Kier alpha value is -2.20. The van der Waals surface area contributed by atoms with Crippen molar-refractivity contribution in [2.24, 2.45) is 5.73 Å². The summed E-state index contributed by atoms with van der Waals surface area (Å²) in [6, 6.07) is 15.1. The monoisotopic (exact) mass is 284 g/mol. The summed E-state index contributed by atoms with van der Waals surface area (Å²) in [4.78, 5) is 12.4. The van der Waals surface area contributed by atoms with E-state index in [1.165, 1.54) is 0 Å². The van der Waals surface area contributed by atoms with Gasteiger partial charge in [-0.05, 0) is 30.2 Å². The lowest BCUT2D eigenvalue weighted by Gasteiger charge is -2.08. The maximum atomic E-state index is 12.0. The molecule has 0 aromatic heterocycles. The summed E-state index contributed by atoms with van der Waals surface area (Å²) in [6.45, 7) is 2.00. The lowest BCUT2D eigenvalue weighted by Crippen LogP contribution is -2.16. The van der Waals surface area contributed by atoms with E-state index in [0.29, 0.717) is 17.1 Å². The van der Waals surface area contributed by atoms with E-state index in [1.54, 1.807) is 6.07 Å². The van der Waals surface area contributed by atoms with E-state index in [9.17, 15) is 4.79 Å². The summed E-state index contributed by atoms with van der Waals surface area (Å²) >= 11 is 4.92.